The Balaban J connectivity index is 2.07. The quantitative estimate of drug-likeness (QED) is 0.566. The highest BCUT2D eigenvalue weighted by atomic mass is 16.3. The molecule has 0 saturated carbocycles. The van der Waals surface area contributed by atoms with E-state index in [0.29, 0.717) is 23.3 Å². The summed E-state index contributed by atoms with van der Waals surface area (Å²) in [4.78, 5) is 8.97. The van der Waals surface area contributed by atoms with Crippen molar-refractivity contribution in [2.45, 2.75) is 20.3 Å². The van der Waals surface area contributed by atoms with Gasteiger partial charge in [-0.3, -0.25) is 0 Å². The van der Waals surface area contributed by atoms with Gasteiger partial charge in [-0.15, -0.1) is 0 Å². The van der Waals surface area contributed by atoms with E-state index < -0.39 is 0 Å². The van der Waals surface area contributed by atoms with Gasteiger partial charge in [0.1, 0.15) is 11.4 Å². The number of aromatic nitrogens is 2. The van der Waals surface area contributed by atoms with Crippen LogP contribution in [-0.2, 0) is 6.42 Å². The molecule has 0 radical (unpaired) electrons. The van der Waals surface area contributed by atoms with Gasteiger partial charge in [0.05, 0.1) is 0 Å². The van der Waals surface area contributed by atoms with E-state index in [4.69, 9.17) is 10.3 Å². The van der Waals surface area contributed by atoms with Crippen LogP contribution in [-0.4, -0.2) is 9.97 Å². The van der Waals surface area contributed by atoms with Crippen LogP contribution in [0.3, 0.4) is 0 Å². The minimum absolute atomic E-state index is 0.508. The maximum atomic E-state index is 5.82. The number of nitrogens with zero attached hydrogens (tertiary/aromatic N) is 2. The van der Waals surface area contributed by atoms with Crippen molar-refractivity contribution in [1.82, 2.24) is 9.97 Å². The van der Waals surface area contributed by atoms with Crippen molar-refractivity contribution in [3.05, 3.63) is 42.1 Å². The van der Waals surface area contributed by atoms with E-state index in [1.165, 1.54) is 0 Å². The van der Waals surface area contributed by atoms with E-state index in [-0.39, 0.29) is 0 Å². The molecule has 0 spiro atoms. The van der Waals surface area contributed by atoms with Crippen LogP contribution in [0.15, 0.2) is 40.8 Å². The number of para-hydroxylation sites is 1. The van der Waals surface area contributed by atoms with Crippen LogP contribution >= 0.6 is 0 Å². The first-order chi connectivity index (χ1) is 10.2. The number of fused-ring (bicyclic) bond motifs is 1. The Kier molecular flexibility index (Phi) is 3.58. The molecule has 2 aromatic heterocycles. The molecule has 0 unspecified atom stereocenters. The first kappa shape index (κ1) is 13.6. The SMILES string of the molecule is CC(C)Cc1cc(NN)nc(-c2cc3ccccc3o2)n1. The number of rotatable bonds is 4. The molecule has 3 aromatic rings. The van der Waals surface area contributed by atoms with E-state index in [9.17, 15) is 0 Å². The van der Waals surface area contributed by atoms with Gasteiger partial charge < -0.3 is 9.84 Å². The molecule has 3 N–H and O–H groups in total. The third-order valence-corrected chi connectivity index (χ3v) is 3.19. The summed E-state index contributed by atoms with van der Waals surface area (Å²) in [5.41, 5.74) is 4.37. The van der Waals surface area contributed by atoms with Gasteiger partial charge in [0.25, 0.3) is 0 Å². The van der Waals surface area contributed by atoms with E-state index in [0.717, 1.165) is 23.1 Å². The van der Waals surface area contributed by atoms with E-state index in [1.807, 2.05) is 36.4 Å². The van der Waals surface area contributed by atoms with Gasteiger partial charge >= 0.3 is 0 Å². The average Bonchev–Trinajstić information content (AvgIpc) is 2.90. The second kappa shape index (κ2) is 5.54. The van der Waals surface area contributed by atoms with Crippen LogP contribution in [0, 0.1) is 5.92 Å². The zero-order chi connectivity index (χ0) is 14.8. The minimum Gasteiger partial charge on any atom is -0.453 e. The normalized spacial score (nSPS) is 11.2. The van der Waals surface area contributed by atoms with Gasteiger partial charge in [-0.2, -0.15) is 0 Å². The molecule has 0 aliphatic carbocycles. The fourth-order valence-corrected chi connectivity index (χ4v) is 2.30. The number of furan rings is 1. The van der Waals surface area contributed by atoms with Crippen LogP contribution in [0.25, 0.3) is 22.6 Å². The maximum Gasteiger partial charge on any atom is 0.197 e. The van der Waals surface area contributed by atoms with Gasteiger partial charge in [-0.25, -0.2) is 15.8 Å². The second-order valence-corrected chi connectivity index (χ2v) is 5.46. The minimum atomic E-state index is 0.508. The smallest absolute Gasteiger partial charge is 0.197 e. The third-order valence-electron chi connectivity index (χ3n) is 3.19. The summed E-state index contributed by atoms with van der Waals surface area (Å²) in [5.74, 6) is 7.81. The molecule has 3 rings (SSSR count). The van der Waals surface area contributed by atoms with Gasteiger partial charge in [-0.05, 0) is 24.5 Å². The summed E-state index contributed by atoms with van der Waals surface area (Å²) in [5, 5.41) is 1.03. The topological polar surface area (TPSA) is 77.0 Å². The molecule has 5 heteroatoms. The van der Waals surface area contributed by atoms with E-state index in [2.05, 4.69) is 29.2 Å². The molecule has 1 aromatic carbocycles. The zero-order valence-electron chi connectivity index (χ0n) is 12.1. The van der Waals surface area contributed by atoms with Crippen molar-refractivity contribution in [1.29, 1.82) is 0 Å². The first-order valence-corrected chi connectivity index (χ1v) is 6.99. The summed E-state index contributed by atoms with van der Waals surface area (Å²) in [6.07, 6.45) is 0.866. The molecule has 0 bridgehead atoms. The summed E-state index contributed by atoms with van der Waals surface area (Å²) in [6.45, 7) is 4.30. The van der Waals surface area contributed by atoms with Crippen molar-refractivity contribution < 1.29 is 4.42 Å². The Labute approximate surface area is 123 Å². The lowest BCUT2D eigenvalue weighted by Crippen LogP contribution is -2.11. The Morgan fingerprint density at radius 2 is 2.00 bits per heavy atom. The molecule has 0 fully saturated rings. The van der Waals surface area contributed by atoms with Crippen molar-refractivity contribution in [2.75, 3.05) is 5.43 Å². The molecular weight excluding hydrogens is 264 g/mol. The van der Waals surface area contributed by atoms with E-state index in [1.54, 1.807) is 0 Å². The van der Waals surface area contributed by atoms with Crippen molar-refractivity contribution >= 4 is 16.8 Å². The lowest BCUT2D eigenvalue weighted by molar-refractivity contribution is 0.616. The molecule has 0 aliphatic heterocycles. The van der Waals surface area contributed by atoms with Crippen LogP contribution in [0.4, 0.5) is 5.82 Å². The first-order valence-electron chi connectivity index (χ1n) is 6.99. The van der Waals surface area contributed by atoms with Crippen LogP contribution in [0.1, 0.15) is 19.5 Å². The second-order valence-electron chi connectivity index (χ2n) is 5.46. The number of nitrogens with one attached hydrogen (secondary N) is 1. The predicted molar refractivity (Wildman–Crippen MR) is 83.6 cm³/mol. The number of nitrogens with two attached hydrogens (primary N) is 1. The predicted octanol–water partition coefficient (Wildman–Crippen LogP) is 3.37. The molecular formula is C16H18N4O. The summed E-state index contributed by atoms with van der Waals surface area (Å²) < 4.78 is 5.82. The van der Waals surface area contributed by atoms with Crippen LogP contribution in [0.2, 0.25) is 0 Å². The van der Waals surface area contributed by atoms with Gasteiger partial charge in [-0.1, -0.05) is 32.0 Å². The van der Waals surface area contributed by atoms with Gasteiger partial charge in [0.15, 0.2) is 11.6 Å². The van der Waals surface area contributed by atoms with Gasteiger partial charge in [0.2, 0.25) is 0 Å². The van der Waals surface area contributed by atoms with Crippen molar-refractivity contribution in [3.63, 3.8) is 0 Å². The Hall–Kier alpha value is -2.40. The highest BCUT2D eigenvalue weighted by molar-refractivity contribution is 5.81. The molecule has 0 amide bonds. The number of anilines is 1. The Morgan fingerprint density at radius 3 is 2.71 bits per heavy atom. The Bertz CT molecular complexity index is 731. The molecule has 0 atom stereocenters. The number of hydrogen-bond acceptors (Lipinski definition) is 5. The van der Waals surface area contributed by atoms with Crippen LogP contribution < -0.4 is 11.3 Å². The fourth-order valence-electron chi connectivity index (χ4n) is 2.30. The number of hydrazine groups is 1. The van der Waals surface area contributed by atoms with E-state index >= 15 is 0 Å². The highest BCUT2D eigenvalue weighted by Crippen LogP contribution is 2.26. The van der Waals surface area contributed by atoms with Crippen LogP contribution in [0.5, 0.6) is 0 Å². The fraction of sp³-hybridized carbons (Fsp3) is 0.250. The molecule has 108 valence electrons. The third kappa shape index (κ3) is 2.87. The average molecular weight is 282 g/mol. The maximum absolute atomic E-state index is 5.82. The lowest BCUT2D eigenvalue weighted by atomic mass is 10.1. The zero-order valence-corrected chi connectivity index (χ0v) is 12.1. The summed E-state index contributed by atoms with van der Waals surface area (Å²) >= 11 is 0. The summed E-state index contributed by atoms with van der Waals surface area (Å²) in [6, 6.07) is 11.7. The number of hydrogen-bond donors (Lipinski definition) is 2. The molecule has 0 saturated heterocycles. The standard InChI is InChI=1S/C16H18N4O/c1-10(2)7-12-9-15(20-17)19-16(18-12)14-8-11-5-3-4-6-13(11)21-14/h3-6,8-10H,7,17H2,1-2H3,(H,18,19,20). The highest BCUT2D eigenvalue weighted by Gasteiger charge is 2.12. The van der Waals surface area contributed by atoms with Gasteiger partial charge in [0, 0.05) is 17.1 Å². The monoisotopic (exact) mass is 282 g/mol. The number of nitrogen functional groups attached to an aromatic ring is 1. The largest absolute Gasteiger partial charge is 0.453 e. The molecule has 0 aliphatic rings. The lowest BCUT2D eigenvalue weighted by Gasteiger charge is -2.08. The summed E-state index contributed by atoms with van der Waals surface area (Å²) in [7, 11) is 0. The van der Waals surface area contributed by atoms with Crippen molar-refractivity contribution in [2.24, 2.45) is 11.8 Å². The van der Waals surface area contributed by atoms with Crippen molar-refractivity contribution in [3.8, 4) is 11.6 Å². The molecule has 5 nitrogen and oxygen atoms in total. The molecule has 21 heavy (non-hydrogen) atoms. The Morgan fingerprint density at radius 1 is 1.19 bits per heavy atom. The number of benzene rings is 1. The molecule has 2 heterocycles.